The Morgan fingerprint density at radius 3 is 2.31 bits per heavy atom. The molecule has 0 saturated carbocycles. The summed E-state index contributed by atoms with van der Waals surface area (Å²) in [4.78, 5) is 28.4. The molecule has 1 fully saturated rings. The number of anilines is 2. The molecule has 1 aliphatic heterocycles. The van der Waals surface area contributed by atoms with E-state index in [-0.39, 0.29) is 17.7 Å². The third-order valence-corrected chi connectivity index (χ3v) is 5.02. The van der Waals surface area contributed by atoms with Gasteiger partial charge in [-0.25, -0.2) is 0 Å². The highest BCUT2D eigenvalue weighted by Crippen LogP contribution is 2.20. The van der Waals surface area contributed by atoms with E-state index < -0.39 is 0 Å². The smallest absolute Gasteiger partial charge is 0.238 e. The van der Waals surface area contributed by atoms with Gasteiger partial charge in [-0.15, -0.1) is 0 Å². The lowest BCUT2D eigenvalue weighted by Gasteiger charge is -2.30. The quantitative estimate of drug-likeness (QED) is 0.783. The van der Waals surface area contributed by atoms with Crippen LogP contribution >= 0.6 is 0 Å². The zero-order valence-electron chi connectivity index (χ0n) is 16.4. The largest absolute Gasteiger partial charge is 0.369 e. The average Bonchev–Trinajstić information content (AvgIpc) is 2.63. The Labute approximate surface area is 156 Å². The van der Waals surface area contributed by atoms with Crippen molar-refractivity contribution < 1.29 is 9.59 Å². The first-order valence-corrected chi connectivity index (χ1v) is 9.55. The van der Waals surface area contributed by atoms with Crippen molar-refractivity contribution >= 4 is 23.2 Å². The molecule has 26 heavy (non-hydrogen) atoms. The zero-order chi connectivity index (χ0) is 19.1. The summed E-state index contributed by atoms with van der Waals surface area (Å²) in [6, 6.07) is 8.45. The number of nitrogens with zero attached hydrogens (tertiary/aromatic N) is 2. The number of rotatable bonds is 7. The van der Waals surface area contributed by atoms with Gasteiger partial charge in [0, 0.05) is 36.9 Å². The van der Waals surface area contributed by atoms with E-state index in [1.165, 1.54) is 0 Å². The Hall–Kier alpha value is -2.08. The normalized spacial score (nSPS) is 15.7. The van der Waals surface area contributed by atoms with Gasteiger partial charge < -0.3 is 15.5 Å². The lowest BCUT2D eigenvalue weighted by atomic mass is 9.96. The standard InChI is InChI=1S/C20H32N4O2/c1-5-24(15(2)3)18-8-6-17(7-9-18)22-19(25)14-23-12-10-16(11-13-23)20(26)21-4/h6-9,15-16H,5,10-14H2,1-4H3,(H,21,26)(H,22,25). The van der Waals surface area contributed by atoms with Gasteiger partial charge in [-0.2, -0.15) is 0 Å². The first-order chi connectivity index (χ1) is 12.4. The Kier molecular flexibility index (Phi) is 7.45. The molecule has 1 saturated heterocycles. The van der Waals surface area contributed by atoms with Crippen molar-refractivity contribution in [1.29, 1.82) is 0 Å². The zero-order valence-corrected chi connectivity index (χ0v) is 16.4. The maximum Gasteiger partial charge on any atom is 0.238 e. The fourth-order valence-electron chi connectivity index (χ4n) is 3.54. The van der Waals surface area contributed by atoms with Crippen LogP contribution in [0.1, 0.15) is 33.6 Å². The molecule has 2 amide bonds. The molecule has 6 heteroatoms. The number of carbonyl (C=O) groups is 2. The molecular formula is C20H32N4O2. The highest BCUT2D eigenvalue weighted by Gasteiger charge is 2.25. The summed E-state index contributed by atoms with van der Waals surface area (Å²) in [5, 5.41) is 5.68. The molecule has 0 aliphatic carbocycles. The van der Waals surface area contributed by atoms with Crippen LogP contribution in [0.15, 0.2) is 24.3 Å². The highest BCUT2D eigenvalue weighted by atomic mass is 16.2. The van der Waals surface area contributed by atoms with Gasteiger partial charge >= 0.3 is 0 Å². The Morgan fingerprint density at radius 2 is 1.81 bits per heavy atom. The van der Waals surface area contributed by atoms with Gasteiger partial charge in [-0.05, 0) is 71.0 Å². The van der Waals surface area contributed by atoms with E-state index in [0.717, 1.165) is 43.9 Å². The topological polar surface area (TPSA) is 64.7 Å². The van der Waals surface area contributed by atoms with Crippen LogP contribution in [0.4, 0.5) is 11.4 Å². The molecule has 1 aliphatic rings. The SMILES string of the molecule is CCN(c1ccc(NC(=O)CN2CCC(C(=O)NC)CC2)cc1)C(C)C. The van der Waals surface area contributed by atoms with Crippen LogP contribution in [-0.4, -0.2) is 56.0 Å². The number of nitrogens with one attached hydrogen (secondary N) is 2. The predicted molar refractivity (Wildman–Crippen MR) is 106 cm³/mol. The molecule has 0 aromatic heterocycles. The van der Waals surface area contributed by atoms with E-state index in [2.05, 4.69) is 41.2 Å². The molecule has 1 heterocycles. The summed E-state index contributed by atoms with van der Waals surface area (Å²) in [6.07, 6.45) is 1.62. The van der Waals surface area contributed by atoms with Crippen LogP contribution < -0.4 is 15.5 Å². The molecule has 0 radical (unpaired) electrons. The monoisotopic (exact) mass is 360 g/mol. The predicted octanol–water partition coefficient (Wildman–Crippen LogP) is 2.32. The first kappa shape index (κ1) is 20.2. The van der Waals surface area contributed by atoms with E-state index in [4.69, 9.17) is 0 Å². The van der Waals surface area contributed by atoms with Gasteiger partial charge in [-0.3, -0.25) is 14.5 Å². The summed E-state index contributed by atoms with van der Waals surface area (Å²) in [5.41, 5.74) is 1.98. The van der Waals surface area contributed by atoms with Crippen LogP contribution in [0, 0.1) is 5.92 Å². The summed E-state index contributed by atoms with van der Waals surface area (Å²) in [7, 11) is 1.67. The van der Waals surface area contributed by atoms with E-state index in [0.29, 0.717) is 12.6 Å². The first-order valence-electron chi connectivity index (χ1n) is 9.55. The van der Waals surface area contributed by atoms with Crippen LogP contribution in [0.25, 0.3) is 0 Å². The van der Waals surface area contributed by atoms with Gasteiger partial charge in [0.1, 0.15) is 0 Å². The lowest BCUT2D eigenvalue weighted by molar-refractivity contribution is -0.126. The number of likely N-dealkylation sites (tertiary alicyclic amines) is 1. The summed E-state index contributed by atoms with van der Waals surface area (Å²) in [5.74, 6) is 0.179. The second-order valence-corrected chi connectivity index (χ2v) is 7.14. The molecule has 144 valence electrons. The summed E-state index contributed by atoms with van der Waals surface area (Å²) >= 11 is 0. The number of amides is 2. The Morgan fingerprint density at radius 1 is 1.19 bits per heavy atom. The van der Waals surface area contributed by atoms with E-state index in [1.807, 2.05) is 24.3 Å². The molecule has 0 unspecified atom stereocenters. The van der Waals surface area contributed by atoms with E-state index >= 15 is 0 Å². The number of benzene rings is 1. The fourth-order valence-corrected chi connectivity index (χ4v) is 3.54. The molecule has 0 atom stereocenters. The van der Waals surface area contributed by atoms with E-state index in [1.54, 1.807) is 7.05 Å². The Balaban J connectivity index is 1.82. The average molecular weight is 361 g/mol. The molecule has 0 spiro atoms. The molecule has 2 rings (SSSR count). The Bertz CT molecular complexity index is 592. The van der Waals surface area contributed by atoms with Crippen molar-refractivity contribution in [2.45, 2.75) is 39.7 Å². The summed E-state index contributed by atoms with van der Waals surface area (Å²) < 4.78 is 0. The van der Waals surface area contributed by atoms with Crippen molar-refractivity contribution in [2.24, 2.45) is 5.92 Å². The van der Waals surface area contributed by atoms with Crippen molar-refractivity contribution in [3.8, 4) is 0 Å². The van der Waals surface area contributed by atoms with E-state index in [9.17, 15) is 9.59 Å². The molecular weight excluding hydrogens is 328 g/mol. The lowest BCUT2D eigenvalue weighted by Crippen LogP contribution is -2.42. The molecule has 2 N–H and O–H groups in total. The highest BCUT2D eigenvalue weighted by molar-refractivity contribution is 5.92. The minimum absolute atomic E-state index is 0.00708. The third-order valence-electron chi connectivity index (χ3n) is 5.02. The van der Waals surface area contributed by atoms with Gasteiger partial charge in [0.05, 0.1) is 6.54 Å². The van der Waals surface area contributed by atoms with Crippen molar-refractivity contribution in [2.75, 3.05) is 43.4 Å². The fraction of sp³-hybridized carbons (Fsp3) is 0.600. The minimum atomic E-state index is -0.00708. The number of carbonyl (C=O) groups excluding carboxylic acids is 2. The number of piperidine rings is 1. The van der Waals surface area contributed by atoms with Gasteiger partial charge in [-0.1, -0.05) is 0 Å². The van der Waals surface area contributed by atoms with Gasteiger partial charge in [0.15, 0.2) is 0 Å². The molecule has 1 aromatic carbocycles. The van der Waals surface area contributed by atoms with Crippen LogP contribution in [0.2, 0.25) is 0 Å². The van der Waals surface area contributed by atoms with Crippen LogP contribution in [0.3, 0.4) is 0 Å². The van der Waals surface area contributed by atoms with Gasteiger partial charge in [0.2, 0.25) is 11.8 Å². The van der Waals surface area contributed by atoms with Crippen LogP contribution in [0.5, 0.6) is 0 Å². The second-order valence-electron chi connectivity index (χ2n) is 7.14. The maximum atomic E-state index is 12.3. The number of hydrogen-bond donors (Lipinski definition) is 2. The third kappa shape index (κ3) is 5.46. The van der Waals surface area contributed by atoms with Crippen LogP contribution in [-0.2, 0) is 9.59 Å². The van der Waals surface area contributed by atoms with Crippen molar-refractivity contribution in [3.05, 3.63) is 24.3 Å². The molecule has 1 aromatic rings. The van der Waals surface area contributed by atoms with Gasteiger partial charge in [0.25, 0.3) is 0 Å². The minimum Gasteiger partial charge on any atom is -0.369 e. The maximum absolute atomic E-state index is 12.3. The van der Waals surface area contributed by atoms with Crippen molar-refractivity contribution in [1.82, 2.24) is 10.2 Å². The second kappa shape index (κ2) is 9.57. The van der Waals surface area contributed by atoms with Crippen molar-refractivity contribution in [3.63, 3.8) is 0 Å². The number of hydrogen-bond acceptors (Lipinski definition) is 4. The summed E-state index contributed by atoms with van der Waals surface area (Å²) in [6.45, 7) is 9.38. The molecule has 0 bridgehead atoms. The molecule has 6 nitrogen and oxygen atoms in total.